The van der Waals surface area contributed by atoms with Crippen LogP contribution in [-0.4, -0.2) is 66.4 Å². The van der Waals surface area contributed by atoms with Gasteiger partial charge in [-0.2, -0.15) is 22.0 Å². The molecule has 0 spiro atoms. The second kappa shape index (κ2) is 11.4. The van der Waals surface area contributed by atoms with E-state index in [0.717, 1.165) is 21.3 Å². The van der Waals surface area contributed by atoms with Crippen LogP contribution in [0.5, 0.6) is 11.6 Å². The molecule has 2 N–H and O–H groups in total. The lowest BCUT2D eigenvalue weighted by molar-refractivity contribution is -0.242. The molecule has 1 aromatic heterocycles. The Kier molecular flexibility index (Phi) is 8.91. The van der Waals surface area contributed by atoms with Gasteiger partial charge in [-0.15, -0.1) is 5.10 Å². The number of halogens is 5. The average Bonchev–Trinajstić information content (AvgIpc) is 3.25. The van der Waals surface area contributed by atoms with Gasteiger partial charge in [0, 0.05) is 24.8 Å². The van der Waals surface area contributed by atoms with E-state index in [1.807, 2.05) is 0 Å². The maximum absolute atomic E-state index is 13.9. The molecule has 1 aliphatic heterocycles. The number of alkyl halides is 5. The summed E-state index contributed by atoms with van der Waals surface area (Å²) in [7, 11) is -4.77. The smallest absolute Gasteiger partial charge is 0.427 e. The van der Waals surface area contributed by atoms with E-state index in [9.17, 15) is 45.1 Å². The molecule has 18 heteroatoms. The van der Waals surface area contributed by atoms with Gasteiger partial charge < -0.3 is 19.3 Å². The highest BCUT2D eigenvalue weighted by atomic mass is 32.2. The molecular weight excluding hydrogens is 599 g/mol. The quantitative estimate of drug-likeness (QED) is 0.352. The number of hydrogen-bond acceptors (Lipinski definition) is 8. The number of nitrogens with zero attached hydrogens (tertiary/aromatic N) is 3. The van der Waals surface area contributed by atoms with Crippen molar-refractivity contribution in [2.45, 2.75) is 77.0 Å². The Balaban J connectivity index is 2.07. The average molecular weight is 629 g/mol. The molecule has 12 nitrogen and oxygen atoms in total. The number of amides is 1. The topological polar surface area (TPSA) is 149 Å². The van der Waals surface area contributed by atoms with Crippen LogP contribution in [0.25, 0.3) is 0 Å². The van der Waals surface area contributed by atoms with Gasteiger partial charge in [0.15, 0.2) is 4.90 Å². The summed E-state index contributed by atoms with van der Waals surface area (Å²) in [5, 5.41) is 15.4. The molecule has 2 aromatic rings. The lowest BCUT2D eigenvalue weighted by Crippen LogP contribution is -2.46. The molecule has 1 aliphatic rings. The van der Waals surface area contributed by atoms with Crippen LogP contribution in [0.2, 0.25) is 0 Å². The van der Waals surface area contributed by atoms with E-state index in [-0.39, 0.29) is 30.1 Å². The molecule has 0 saturated heterocycles. The summed E-state index contributed by atoms with van der Waals surface area (Å²) in [6.07, 6.45) is -6.64. The summed E-state index contributed by atoms with van der Waals surface area (Å²) in [4.78, 5) is 23.2. The highest BCUT2D eigenvalue weighted by molar-refractivity contribution is 7.93. The van der Waals surface area contributed by atoms with Gasteiger partial charge in [-0.1, -0.05) is 0 Å². The van der Waals surface area contributed by atoms with E-state index in [1.54, 1.807) is 6.92 Å². The zero-order valence-corrected chi connectivity index (χ0v) is 23.8. The van der Waals surface area contributed by atoms with Crippen molar-refractivity contribution < 1.29 is 59.3 Å². The number of fused-ring (bicyclic) bond motifs is 1. The van der Waals surface area contributed by atoms with Gasteiger partial charge in [0.05, 0.1) is 17.6 Å². The molecule has 0 fully saturated rings. The van der Waals surface area contributed by atoms with E-state index in [2.05, 4.69) is 19.9 Å². The van der Waals surface area contributed by atoms with Gasteiger partial charge in [0.1, 0.15) is 11.9 Å². The minimum atomic E-state index is -4.89. The number of aromatic nitrogens is 2. The minimum absolute atomic E-state index is 0.0920. The van der Waals surface area contributed by atoms with Crippen LogP contribution in [0.3, 0.4) is 0 Å². The molecule has 1 unspecified atom stereocenters. The normalized spacial score (nSPS) is 16.1. The molecule has 1 aromatic carbocycles. The molecule has 0 bridgehead atoms. The monoisotopic (exact) mass is 628 g/mol. The maximum Gasteiger partial charge on any atom is 0.427 e. The first-order valence-electron chi connectivity index (χ1n) is 12.3. The van der Waals surface area contributed by atoms with Crippen LogP contribution in [0.15, 0.2) is 29.3 Å². The Morgan fingerprint density at radius 1 is 1.21 bits per heavy atom. The first-order chi connectivity index (χ1) is 19.2. The summed E-state index contributed by atoms with van der Waals surface area (Å²) < 4.78 is 110. The van der Waals surface area contributed by atoms with E-state index < -0.39 is 69.3 Å². The number of hydrogen-bond donors (Lipinski definition) is 2. The fraction of sp³-hybridized carbons (Fsp3) is 0.542. The number of ether oxygens (including phenoxy) is 3. The van der Waals surface area contributed by atoms with Crippen molar-refractivity contribution in [3.05, 3.63) is 24.4 Å². The molecule has 1 amide bonds. The van der Waals surface area contributed by atoms with Crippen molar-refractivity contribution in [3.63, 3.8) is 0 Å². The molecule has 0 aliphatic carbocycles. The zero-order valence-electron chi connectivity index (χ0n) is 23.0. The molecule has 42 heavy (non-hydrogen) atoms. The Hall–Kier alpha value is -3.83. The standard InChI is InChI=1S/C24H29F5N4O8S/c1-6-32-12-17(18(31-32)40-20(25)26)42(37,38)33-11-14(10-22(2,3)19(34)35)39-16-8-7-13(9-15(16)33)30-21(36)41-23(4,5)24(27,28)29/h7-9,12,14,20H,6,10-11H2,1-5H3,(H,30,36)(H,34,35). The van der Waals surface area contributed by atoms with Crippen molar-refractivity contribution in [1.82, 2.24) is 9.78 Å². The van der Waals surface area contributed by atoms with Gasteiger partial charge in [0.2, 0.25) is 5.60 Å². The van der Waals surface area contributed by atoms with Crippen LogP contribution in [0, 0.1) is 5.41 Å². The summed E-state index contributed by atoms with van der Waals surface area (Å²) in [5.74, 6) is -2.19. The second-order valence-electron chi connectivity index (χ2n) is 10.4. The van der Waals surface area contributed by atoms with Gasteiger partial charge in [-0.3, -0.25) is 19.1 Å². The number of carboxylic acids is 1. The number of benzene rings is 1. The molecular formula is C24H29F5N4O8S. The van der Waals surface area contributed by atoms with Crippen molar-refractivity contribution in [1.29, 1.82) is 0 Å². The Bertz CT molecular complexity index is 1440. The third kappa shape index (κ3) is 6.96. The SMILES string of the molecule is CCn1cc(S(=O)(=O)N2CC(CC(C)(C)C(=O)O)Oc3ccc(NC(=O)OC(C)(C)C(F)(F)F)cc32)c(OC(F)F)n1. The van der Waals surface area contributed by atoms with Gasteiger partial charge in [-0.05, 0) is 52.8 Å². The third-order valence-corrected chi connectivity index (χ3v) is 8.04. The highest BCUT2D eigenvalue weighted by Gasteiger charge is 2.51. The van der Waals surface area contributed by atoms with Gasteiger partial charge in [-0.25, -0.2) is 13.2 Å². The van der Waals surface area contributed by atoms with Crippen molar-refractivity contribution >= 4 is 33.5 Å². The van der Waals surface area contributed by atoms with Crippen molar-refractivity contribution in [2.75, 3.05) is 16.2 Å². The maximum atomic E-state index is 13.9. The summed E-state index contributed by atoms with van der Waals surface area (Å²) >= 11 is 0. The number of aliphatic carboxylic acids is 1. The number of sulfonamides is 1. The van der Waals surface area contributed by atoms with E-state index in [0.29, 0.717) is 13.8 Å². The number of anilines is 2. The molecule has 0 saturated carbocycles. The first kappa shape index (κ1) is 32.7. The molecule has 3 rings (SSSR count). The first-order valence-corrected chi connectivity index (χ1v) is 13.8. The number of nitrogens with one attached hydrogen (secondary N) is 1. The fourth-order valence-corrected chi connectivity index (χ4v) is 5.39. The molecule has 2 heterocycles. The number of carboxylic acid groups (broad SMARTS) is 1. The Labute approximate surface area is 237 Å². The predicted octanol–water partition coefficient (Wildman–Crippen LogP) is 4.85. The van der Waals surface area contributed by atoms with Crippen LogP contribution in [0.1, 0.15) is 41.0 Å². The zero-order chi connectivity index (χ0) is 31.8. The predicted molar refractivity (Wildman–Crippen MR) is 136 cm³/mol. The summed E-state index contributed by atoms with van der Waals surface area (Å²) in [6.45, 7) is 1.80. The molecule has 0 radical (unpaired) electrons. The molecule has 234 valence electrons. The largest absolute Gasteiger partial charge is 0.486 e. The summed E-state index contributed by atoms with van der Waals surface area (Å²) in [5.41, 5.74) is -4.66. The van der Waals surface area contributed by atoms with Gasteiger partial charge in [0.25, 0.3) is 15.9 Å². The van der Waals surface area contributed by atoms with Crippen molar-refractivity contribution in [2.24, 2.45) is 5.41 Å². The molecule has 1 atom stereocenters. The van der Waals surface area contributed by atoms with Gasteiger partial charge >= 0.3 is 24.9 Å². The third-order valence-electron chi connectivity index (χ3n) is 6.27. The minimum Gasteiger partial charge on any atom is -0.486 e. The highest BCUT2D eigenvalue weighted by Crippen LogP contribution is 2.42. The lowest BCUT2D eigenvalue weighted by atomic mass is 9.86. The van der Waals surface area contributed by atoms with E-state index >= 15 is 0 Å². The second-order valence-corrected chi connectivity index (χ2v) is 12.2. The number of carbonyl (C=O) groups is 2. The fourth-order valence-electron chi connectivity index (χ4n) is 3.82. The van der Waals surface area contributed by atoms with Crippen molar-refractivity contribution in [3.8, 4) is 11.6 Å². The Morgan fingerprint density at radius 3 is 2.40 bits per heavy atom. The number of carbonyl (C=O) groups excluding carboxylic acids is 1. The number of aryl methyl sites for hydroxylation is 1. The lowest BCUT2D eigenvalue weighted by Gasteiger charge is -2.37. The van der Waals surface area contributed by atoms with Crippen LogP contribution in [-0.2, 0) is 26.1 Å². The number of rotatable bonds is 10. The van der Waals surface area contributed by atoms with E-state index in [1.165, 1.54) is 26.0 Å². The van der Waals surface area contributed by atoms with Crippen LogP contribution in [0.4, 0.5) is 38.1 Å². The summed E-state index contributed by atoms with van der Waals surface area (Å²) in [6, 6.07) is 3.45. The van der Waals surface area contributed by atoms with E-state index in [4.69, 9.17) is 4.74 Å². The Morgan fingerprint density at radius 2 is 1.86 bits per heavy atom. The van der Waals surface area contributed by atoms with Crippen LogP contribution < -0.4 is 19.1 Å². The van der Waals surface area contributed by atoms with Crippen LogP contribution >= 0.6 is 0 Å².